The lowest BCUT2D eigenvalue weighted by atomic mass is 10.1. The normalized spacial score (nSPS) is 16.2. The van der Waals surface area contributed by atoms with Gasteiger partial charge in [0.05, 0.1) is 11.0 Å². The van der Waals surface area contributed by atoms with Gasteiger partial charge in [-0.1, -0.05) is 17.7 Å². The summed E-state index contributed by atoms with van der Waals surface area (Å²) in [5, 5.41) is 2.63. The number of amides is 2. The number of thioether (sulfide) groups is 1. The monoisotopic (exact) mass is 371 g/mol. The van der Waals surface area contributed by atoms with E-state index in [1.54, 1.807) is 0 Å². The largest absolute Gasteiger partial charge is 0.342 e. The van der Waals surface area contributed by atoms with Gasteiger partial charge in [0.25, 0.3) is 0 Å². The highest BCUT2D eigenvalue weighted by molar-refractivity contribution is 8.01. The molecule has 3 N–H and O–H groups in total. The number of nitrogens with two attached hydrogens (primary N) is 1. The molecule has 0 radical (unpaired) electrons. The zero-order valence-corrected chi connectivity index (χ0v) is 15.8. The molecule has 134 valence electrons. The van der Waals surface area contributed by atoms with Crippen molar-refractivity contribution in [3.63, 3.8) is 0 Å². The molecule has 1 saturated heterocycles. The SMILES string of the molecule is Cc1ccc(NC(=O)CSC(C)C(=O)N2CCC(N)CC2)cc1.Cl. The van der Waals surface area contributed by atoms with Crippen molar-refractivity contribution in [3.8, 4) is 0 Å². The molecular formula is C17H26ClN3O2S. The Kier molecular flexibility index (Phi) is 8.59. The number of hydrogen-bond acceptors (Lipinski definition) is 4. The number of aryl methyl sites for hydroxylation is 1. The maximum absolute atomic E-state index is 12.3. The quantitative estimate of drug-likeness (QED) is 0.833. The first kappa shape index (κ1) is 20.8. The molecular weight excluding hydrogens is 346 g/mol. The van der Waals surface area contributed by atoms with Crippen LogP contribution >= 0.6 is 24.2 Å². The Labute approximate surface area is 154 Å². The number of piperidine rings is 1. The number of rotatable bonds is 5. The number of hydrogen-bond donors (Lipinski definition) is 2. The highest BCUT2D eigenvalue weighted by Crippen LogP contribution is 2.17. The molecule has 1 atom stereocenters. The fourth-order valence-corrected chi connectivity index (χ4v) is 3.25. The van der Waals surface area contributed by atoms with E-state index in [0.717, 1.165) is 37.2 Å². The van der Waals surface area contributed by atoms with Crippen LogP contribution in [0.25, 0.3) is 0 Å². The maximum Gasteiger partial charge on any atom is 0.235 e. The van der Waals surface area contributed by atoms with E-state index in [1.165, 1.54) is 11.8 Å². The van der Waals surface area contributed by atoms with Crippen molar-refractivity contribution < 1.29 is 9.59 Å². The lowest BCUT2D eigenvalue weighted by molar-refractivity contribution is -0.131. The van der Waals surface area contributed by atoms with Gasteiger partial charge in [-0.15, -0.1) is 24.2 Å². The second kappa shape index (κ2) is 9.91. The predicted octanol–water partition coefficient (Wildman–Crippen LogP) is 2.43. The third-order valence-corrected chi connectivity index (χ3v) is 5.13. The van der Waals surface area contributed by atoms with Gasteiger partial charge in [-0.3, -0.25) is 9.59 Å². The number of halogens is 1. The number of carbonyl (C=O) groups excluding carboxylic acids is 2. The minimum absolute atomic E-state index is 0. The van der Waals surface area contributed by atoms with E-state index in [-0.39, 0.29) is 41.3 Å². The summed E-state index contributed by atoms with van der Waals surface area (Å²) in [6.45, 7) is 5.31. The fourth-order valence-electron chi connectivity index (χ4n) is 2.48. The molecule has 1 aromatic carbocycles. The summed E-state index contributed by atoms with van der Waals surface area (Å²) in [4.78, 5) is 26.2. The van der Waals surface area contributed by atoms with Crippen molar-refractivity contribution in [2.45, 2.75) is 38.0 Å². The van der Waals surface area contributed by atoms with Crippen LogP contribution in [0.2, 0.25) is 0 Å². The van der Waals surface area contributed by atoms with Crippen molar-refractivity contribution in [1.82, 2.24) is 4.90 Å². The summed E-state index contributed by atoms with van der Waals surface area (Å²) in [5.74, 6) is 0.290. The Morgan fingerprint density at radius 2 is 1.88 bits per heavy atom. The Morgan fingerprint density at radius 1 is 1.29 bits per heavy atom. The molecule has 0 spiro atoms. The smallest absolute Gasteiger partial charge is 0.235 e. The van der Waals surface area contributed by atoms with Gasteiger partial charge in [0, 0.05) is 24.8 Å². The first-order valence-corrected chi connectivity index (χ1v) is 9.03. The van der Waals surface area contributed by atoms with Crippen LogP contribution in [0.1, 0.15) is 25.3 Å². The van der Waals surface area contributed by atoms with Crippen LogP contribution in [0, 0.1) is 6.92 Å². The zero-order chi connectivity index (χ0) is 16.8. The van der Waals surface area contributed by atoms with Gasteiger partial charge in [-0.25, -0.2) is 0 Å². The van der Waals surface area contributed by atoms with Crippen molar-refractivity contribution in [2.75, 3.05) is 24.2 Å². The minimum atomic E-state index is -0.215. The second-order valence-electron chi connectivity index (χ2n) is 6.03. The molecule has 7 heteroatoms. The van der Waals surface area contributed by atoms with Crippen LogP contribution in [0.15, 0.2) is 24.3 Å². The fraction of sp³-hybridized carbons (Fsp3) is 0.529. The van der Waals surface area contributed by atoms with Crippen molar-refractivity contribution in [1.29, 1.82) is 0 Å². The molecule has 2 amide bonds. The van der Waals surface area contributed by atoms with E-state index in [1.807, 2.05) is 43.0 Å². The molecule has 0 aromatic heterocycles. The maximum atomic E-state index is 12.3. The zero-order valence-electron chi connectivity index (χ0n) is 14.2. The third-order valence-electron chi connectivity index (χ3n) is 4.00. The van der Waals surface area contributed by atoms with Gasteiger partial charge in [0.1, 0.15) is 0 Å². The predicted molar refractivity (Wildman–Crippen MR) is 103 cm³/mol. The van der Waals surface area contributed by atoms with Crippen LogP contribution < -0.4 is 11.1 Å². The molecule has 1 unspecified atom stereocenters. The molecule has 1 aliphatic heterocycles. The van der Waals surface area contributed by atoms with Crippen LogP contribution in [0.4, 0.5) is 5.69 Å². The molecule has 24 heavy (non-hydrogen) atoms. The average molecular weight is 372 g/mol. The summed E-state index contributed by atoms with van der Waals surface area (Å²) in [5.41, 5.74) is 7.79. The average Bonchev–Trinajstić information content (AvgIpc) is 2.55. The third kappa shape index (κ3) is 6.34. The van der Waals surface area contributed by atoms with E-state index in [9.17, 15) is 9.59 Å². The summed E-state index contributed by atoms with van der Waals surface area (Å²) in [6.07, 6.45) is 1.72. The topological polar surface area (TPSA) is 75.4 Å². The molecule has 0 saturated carbocycles. The van der Waals surface area contributed by atoms with Crippen LogP contribution in [0.3, 0.4) is 0 Å². The van der Waals surface area contributed by atoms with Crippen molar-refractivity contribution >= 4 is 41.7 Å². The Hall–Kier alpha value is -1.24. The number of benzene rings is 1. The lowest BCUT2D eigenvalue weighted by Crippen LogP contribution is -2.45. The second-order valence-corrected chi connectivity index (χ2v) is 7.36. The summed E-state index contributed by atoms with van der Waals surface area (Å²) < 4.78 is 0. The summed E-state index contributed by atoms with van der Waals surface area (Å²) >= 11 is 1.37. The van der Waals surface area contributed by atoms with E-state index in [0.29, 0.717) is 0 Å². The molecule has 1 aliphatic rings. The highest BCUT2D eigenvalue weighted by Gasteiger charge is 2.25. The first-order valence-electron chi connectivity index (χ1n) is 7.98. The molecule has 2 rings (SSSR count). The number of nitrogens with zero attached hydrogens (tertiary/aromatic N) is 1. The minimum Gasteiger partial charge on any atom is -0.342 e. The van der Waals surface area contributed by atoms with Crippen LogP contribution in [-0.4, -0.2) is 46.8 Å². The molecule has 0 aliphatic carbocycles. The van der Waals surface area contributed by atoms with Crippen LogP contribution in [-0.2, 0) is 9.59 Å². The van der Waals surface area contributed by atoms with E-state index in [4.69, 9.17) is 5.73 Å². The van der Waals surface area contributed by atoms with E-state index >= 15 is 0 Å². The summed E-state index contributed by atoms with van der Waals surface area (Å²) in [7, 11) is 0. The van der Waals surface area contributed by atoms with Gasteiger partial charge in [0.2, 0.25) is 11.8 Å². The van der Waals surface area contributed by atoms with Gasteiger partial charge in [0.15, 0.2) is 0 Å². The molecule has 0 bridgehead atoms. The number of carbonyl (C=O) groups is 2. The summed E-state index contributed by atoms with van der Waals surface area (Å²) in [6, 6.07) is 7.88. The van der Waals surface area contributed by atoms with Crippen molar-refractivity contribution in [3.05, 3.63) is 29.8 Å². The molecule has 1 aromatic rings. The number of anilines is 1. The molecule has 1 heterocycles. The van der Waals surface area contributed by atoms with Crippen LogP contribution in [0.5, 0.6) is 0 Å². The number of nitrogens with one attached hydrogen (secondary N) is 1. The lowest BCUT2D eigenvalue weighted by Gasteiger charge is -2.31. The standard InChI is InChI=1S/C17H25N3O2S.ClH/c1-12-3-5-15(6-4-12)19-16(21)11-23-13(2)17(22)20-9-7-14(18)8-10-20;/h3-6,13-14H,7-11,18H2,1-2H3,(H,19,21);1H. The first-order chi connectivity index (χ1) is 11.0. The Morgan fingerprint density at radius 3 is 2.46 bits per heavy atom. The van der Waals surface area contributed by atoms with Gasteiger partial charge >= 0.3 is 0 Å². The molecule has 5 nitrogen and oxygen atoms in total. The molecule has 1 fully saturated rings. The van der Waals surface area contributed by atoms with Gasteiger partial charge in [-0.05, 0) is 38.8 Å². The number of likely N-dealkylation sites (tertiary alicyclic amines) is 1. The van der Waals surface area contributed by atoms with E-state index < -0.39 is 0 Å². The van der Waals surface area contributed by atoms with E-state index in [2.05, 4.69) is 5.32 Å². The Bertz CT molecular complexity index is 545. The van der Waals surface area contributed by atoms with Gasteiger partial charge in [-0.2, -0.15) is 0 Å². The Balaban J connectivity index is 0.00000288. The highest BCUT2D eigenvalue weighted by atomic mass is 35.5. The van der Waals surface area contributed by atoms with Gasteiger partial charge < -0.3 is 16.0 Å². The van der Waals surface area contributed by atoms with Crippen molar-refractivity contribution in [2.24, 2.45) is 5.73 Å².